The highest BCUT2D eigenvalue weighted by atomic mass is 16.2. The van der Waals surface area contributed by atoms with E-state index >= 15 is 0 Å². The minimum atomic E-state index is -0.794. The fourth-order valence-corrected chi connectivity index (χ4v) is 2.84. The van der Waals surface area contributed by atoms with Gasteiger partial charge in [0.2, 0.25) is 5.91 Å². The molecule has 1 saturated heterocycles. The highest BCUT2D eigenvalue weighted by Crippen LogP contribution is 2.16. The predicted octanol–water partition coefficient (Wildman–Crippen LogP) is 0.313. The summed E-state index contributed by atoms with van der Waals surface area (Å²) in [6.45, 7) is 3.28. The smallest absolute Gasteiger partial charge is 0.322 e. The van der Waals surface area contributed by atoms with Crippen LogP contribution in [-0.2, 0) is 22.6 Å². The summed E-state index contributed by atoms with van der Waals surface area (Å²) in [6.07, 6.45) is 0.527. The molecule has 0 bridgehead atoms. The fraction of sp³-hybridized carbons (Fsp3) is 0.375. The van der Waals surface area contributed by atoms with Gasteiger partial charge in [-0.1, -0.05) is 12.1 Å². The van der Waals surface area contributed by atoms with E-state index in [0.29, 0.717) is 13.0 Å². The maximum absolute atomic E-state index is 11.9. The fourth-order valence-electron chi connectivity index (χ4n) is 2.84. The molecule has 1 atom stereocenters. The van der Waals surface area contributed by atoms with Gasteiger partial charge in [-0.15, -0.1) is 0 Å². The Morgan fingerprint density at radius 2 is 2.12 bits per heavy atom. The van der Waals surface area contributed by atoms with Crippen LogP contribution in [-0.4, -0.2) is 40.0 Å². The predicted molar refractivity (Wildman–Crippen MR) is 87.2 cm³/mol. The topological polar surface area (TPSA) is 105 Å². The summed E-state index contributed by atoms with van der Waals surface area (Å²) in [5.41, 5.74) is 2.01. The summed E-state index contributed by atoms with van der Waals surface area (Å²) in [5, 5.41) is 7.27. The van der Waals surface area contributed by atoms with E-state index in [0.717, 1.165) is 23.4 Å². The van der Waals surface area contributed by atoms with Crippen LogP contribution in [0.4, 0.5) is 4.79 Å². The number of hydrogen-bond donors (Lipinski definition) is 3. The Bertz CT molecular complexity index is 798. The molecule has 1 aliphatic heterocycles. The van der Waals surface area contributed by atoms with Crippen LogP contribution in [0.3, 0.4) is 0 Å². The van der Waals surface area contributed by atoms with Crippen molar-refractivity contribution in [2.75, 3.05) is 6.54 Å². The number of rotatable bonds is 6. The third-order valence-corrected chi connectivity index (χ3v) is 3.97. The van der Waals surface area contributed by atoms with Crippen molar-refractivity contribution < 1.29 is 14.4 Å². The summed E-state index contributed by atoms with van der Waals surface area (Å²) in [5.74, 6) is 0.158. The van der Waals surface area contributed by atoms with Crippen LogP contribution in [0.5, 0.6) is 0 Å². The third kappa shape index (κ3) is 3.22. The third-order valence-electron chi connectivity index (χ3n) is 3.97. The zero-order valence-corrected chi connectivity index (χ0v) is 13.3. The van der Waals surface area contributed by atoms with Crippen molar-refractivity contribution in [3.63, 3.8) is 0 Å². The number of nitrogens with one attached hydrogen (secondary N) is 3. The van der Waals surface area contributed by atoms with E-state index in [2.05, 4.69) is 32.4 Å². The van der Waals surface area contributed by atoms with Gasteiger partial charge < -0.3 is 15.2 Å². The summed E-state index contributed by atoms with van der Waals surface area (Å²) >= 11 is 0. The molecule has 0 unspecified atom stereocenters. The van der Waals surface area contributed by atoms with E-state index in [1.807, 2.05) is 24.3 Å². The van der Waals surface area contributed by atoms with Crippen LogP contribution in [0.15, 0.2) is 24.3 Å². The molecule has 1 aliphatic rings. The van der Waals surface area contributed by atoms with Crippen LogP contribution in [0.2, 0.25) is 0 Å². The van der Waals surface area contributed by atoms with Crippen molar-refractivity contribution in [2.45, 2.75) is 32.4 Å². The van der Waals surface area contributed by atoms with E-state index in [4.69, 9.17) is 0 Å². The van der Waals surface area contributed by atoms with Gasteiger partial charge in [-0.25, -0.2) is 9.78 Å². The average Bonchev–Trinajstić information content (AvgIpc) is 3.06. The van der Waals surface area contributed by atoms with E-state index in [-0.39, 0.29) is 12.3 Å². The molecular formula is C16H19N5O3. The van der Waals surface area contributed by atoms with Crippen LogP contribution < -0.4 is 16.0 Å². The zero-order valence-electron chi connectivity index (χ0n) is 13.3. The molecule has 3 rings (SSSR count). The number of carbonyl (C=O) groups excluding carboxylic acids is 3. The van der Waals surface area contributed by atoms with E-state index < -0.39 is 18.0 Å². The van der Waals surface area contributed by atoms with Gasteiger partial charge >= 0.3 is 6.03 Å². The number of imide groups is 1. The SMILES string of the molecule is CCn1c(CCNC(=O)C[C@H]2NC(=O)NC2=O)nc2ccccc21. The maximum atomic E-state index is 11.9. The number of nitrogens with zero attached hydrogens (tertiary/aromatic N) is 2. The number of benzene rings is 1. The van der Waals surface area contributed by atoms with Gasteiger partial charge in [-0.3, -0.25) is 14.9 Å². The zero-order chi connectivity index (χ0) is 17.1. The van der Waals surface area contributed by atoms with Crippen molar-refractivity contribution >= 4 is 28.9 Å². The van der Waals surface area contributed by atoms with Crippen LogP contribution >= 0.6 is 0 Å². The van der Waals surface area contributed by atoms with Crippen molar-refractivity contribution in [3.8, 4) is 0 Å². The van der Waals surface area contributed by atoms with Crippen molar-refractivity contribution in [1.29, 1.82) is 0 Å². The Labute approximate surface area is 138 Å². The molecule has 1 fully saturated rings. The molecule has 3 N–H and O–H groups in total. The number of aromatic nitrogens is 2. The van der Waals surface area contributed by atoms with E-state index in [9.17, 15) is 14.4 Å². The first-order chi connectivity index (χ1) is 11.6. The second-order valence-corrected chi connectivity index (χ2v) is 5.58. The summed E-state index contributed by atoms with van der Waals surface area (Å²) in [4.78, 5) is 38.9. The quantitative estimate of drug-likeness (QED) is 0.663. The monoisotopic (exact) mass is 329 g/mol. The number of para-hydroxylation sites is 2. The van der Waals surface area contributed by atoms with Crippen molar-refractivity contribution in [1.82, 2.24) is 25.5 Å². The number of carbonyl (C=O) groups is 3. The highest BCUT2D eigenvalue weighted by molar-refractivity contribution is 6.05. The Morgan fingerprint density at radius 1 is 1.33 bits per heavy atom. The first-order valence-electron chi connectivity index (χ1n) is 7.90. The number of hydrogen-bond acceptors (Lipinski definition) is 4. The number of imidazole rings is 1. The highest BCUT2D eigenvalue weighted by Gasteiger charge is 2.31. The van der Waals surface area contributed by atoms with Gasteiger partial charge in [0.05, 0.1) is 17.5 Å². The molecule has 0 spiro atoms. The van der Waals surface area contributed by atoms with Gasteiger partial charge in [0.15, 0.2) is 0 Å². The minimum Gasteiger partial charge on any atom is -0.356 e. The Hall–Kier alpha value is -2.90. The molecule has 0 aliphatic carbocycles. The molecule has 126 valence electrons. The number of fused-ring (bicyclic) bond motifs is 1. The van der Waals surface area contributed by atoms with Crippen LogP contribution in [0.1, 0.15) is 19.2 Å². The molecule has 2 heterocycles. The molecule has 1 aromatic carbocycles. The first-order valence-corrected chi connectivity index (χ1v) is 7.90. The van der Waals surface area contributed by atoms with Gasteiger partial charge in [0.25, 0.3) is 5.91 Å². The van der Waals surface area contributed by atoms with Gasteiger partial charge in [-0.05, 0) is 19.1 Å². The summed E-state index contributed by atoms with van der Waals surface area (Å²) in [7, 11) is 0. The summed E-state index contributed by atoms with van der Waals surface area (Å²) in [6, 6.07) is 6.55. The van der Waals surface area contributed by atoms with E-state index in [1.165, 1.54) is 0 Å². The van der Waals surface area contributed by atoms with Gasteiger partial charge in [0.1, 0.15) is 11.9 Å². The van der Waals surface area contributed by atoms with Crippen molar-refractivity contribution in [2.24, 2.45) is 0 Å². The molecule has 8 nitrogen and oxygen atoms in total. The average molecular weight is 329 g/mol. The number of amides is 4. The molecule has 1 aromatic heterocycles. The summed E-state index contributed by atoms with van der Waals surface area (Å²) < 4.78 is 2.12. The lowest BCUT2D eigenvalue weighted by atomic mass is 10.2. The molecular weight excluding hydrogens is 310 g/mol. The Morgan fingerprint density at radius 3 is 2.83 bits per heavy atom. The first kappa shape index (κ1) is 16.0. The molecule has 24 heavy (non-hydrogen) atoms. The largest absolute Gasteiger partial charge is 0.356 e. The standard InChI is InChI=1S/C16H19N5O3/c1-2-21-12-6-4-3-5-10(12)18-13(21)7-8-17-14(22)9-11-15(23)20-16(24)19-11/h3-6,11H,2,7-9H2,1H3,(H,17,22)(H2,19,20,23,24)/t11-/m1/s1. The number of urea groups is 1. The Kier molecular flexibility index (Phi) is 4.45. The molecule has 0 saturated carbocycles. The van der Waals surface area contributed by atoms with Crippen LogP contribution in [0.25, 0.3) is 11.0 Å². The van der Waals surface area contributed by atoms with Crippen LogP contribution in [0, 0.1) is 0 Å². The molecule has 4 amide bonds. The lowest BCUT2D eigenvalue weighted by Crippen LogP contribution is -2.37. The lowest BCUT2D eigenvalue weighted by molar-refractivity contribution is -0.126. The molecule has 0 radical (unpaired) electrons. The van der Waals surface area contributed by atoms with E-state index in [1.54, 1.807) is 0 Å². The second kappa shape index (κ2) is 6.69. The second-order valence-electron chi connectivity index (χ2n) is 5.58. The molecule has 8 heteroatoms. The maximum Gasteiger partial charge on any atom is 0.322 e. The van der Waals surface area contributed by atoms with Crippen molar-refractivity contribution in [3.05, 3.63) is 30.1 Å². The Balaban J connectivity index is 1.56. The minimum absolute atomic E-state index is 0.0677. The number of aryl methyl sites for hydroxylation is 1. The van der Waals surface area contributed by atoms with Gasteiger partial charge in [0, 0.05) is 19.5 Å². The normalized spacial score (nSPS) is 17.0. The van der Waals surface area contributed by atoms with Gasteiger partial charge in [-0.2, -0.15) is 0 Å². The lowest BCUT2D eigenvalue weighted by Gasteiger charge is -2.09. The molecule has 2 aromatic rings.